The number of phenols is 1. The number of fused-ring (bicyclic) bond motifs is 1. The first-order valence-corrected chi connectivity index (χ1v) is 10.7. The van der Waals surface area contributed by atoms with Gasteiger partial charge in [-0.15, -0.1) is 0 Å². The highest BCUT2D eigenvalue weighted by molar-refractivity contribution is 5.99. The van der Waals surface area contributed by atoms with Gasteiger partial charge in [0.2, 0.25) is 5.95 Å². The molecule has 0 unspecified atom stereocenters. The zero-order valence-electron chi connectivity index (χ0n) is 17.5. The second kappa shape index (κ2) is 7.98. The van der Waals surface area contributed by atoms with Crippen LogP contribution in [0, 0.1) is 6.92 Å². The molecule has 0 bridgehead atoms. The maximum absolute atomic E-state index is 12.9. The van der Waals surface area contributed by atoms with E-state index in [1.807, 2.05) is 43.5 Å². The van der Waals surface area contributed by atoms with Crippen molar-refractivity contribution in [2.75, 3.05) is 36.0 Å². The molecule has 1 saturated heterocycles. The third kappa shape index (κ3) is 3.71. The minimum absolute atomic E-state index is 0.0542. The number of aromatic hydroxyl groups is 1. The normalized spacial score (nSPS) is 18.7. The average molecular weight is 415 g/mol. The predicted molar refractivity (Wildman–Crippen MR) is 119 cm³/mol. The minimum atomic E-state index is -0.0654. The first kappa shape index (κ1) is 19.5. The Hall–Kier alpha value is -3.48. The van der Waals surface area contributed by atoms with E-state index in [1.165, 1.54) is 0 Å². The van der Waals surface area contributed by atoms with Crippen molar-refractivity contribution in [1.29, 1.82) is 0 Å². The van der Waals surface area contributed by atoms with Crippen LogP contribution in [0.15, 0.2) is 48.7 Å². The summed E-state index contributed by atoms with van der Waals surface area (Å²) in [7, 11) is 0. The van der Waals surface area contributed by atoms with Gasteiger partial charge in [0, 0.05) is 44.7 Å². The summed E-state index contributed by atoms with van der Waals surface area (Å²) in [5.74, 6) is 1.90. The average Bonchev–Trinajstić information content (AvgIpc) is 2.79. The molecule has 1 fully saturated rings. The molecule has 1 N–H and O–H groups in total. The third-order valence-electron chi connectivity index (χ3n) is 6.22. The zero-order chi connectivity index (χ0) is 21.4. The van der Waals surface area contributed by atoms with E-state index in [4.69, 9.17) is 4.98 Å². The van der Waals surface area contributed by atoms with E-state index in [0.717, 1.165) is 48.9 Å². The minimum Gasteiger partial charge on any atom is -0.508 e. The number of phenolic OH excluding ortho intramolecular Hbond substituents is 1. The van der Waals surface area contributed by atoms with Crippen LogP contribution in [-0.2, 0) is 6.42 Å². The molecule has 158 valence electrons. The number of para-hydroxylation sites is 1. The Morgan fingerprint density at radius 2 is 1.68 bits per heavy atom. The van der Waals surface area contributed by atoms with Crippen LogP contribution in [-0.4, -0.2) is 52.0 Å². The SMILES string of the molecule is Cc1nc(N2CCN(c3ccccn3)CC2)nc2c1C(=O)C[C@@H](c1ccccc1O)C2. The molecule has 0 radical (unpaired) electrons. The Bertz CT molecular complexity index is 1110. The number of aromatic nitrogens is 3. The van der Waals surface area contributed by atoms with Gasteiger partial charge in [0.05, 0.1) is 17.0 Å². The van der Waals surface area contributed by atoms with Gasteiger partial charge in [-0.05, 0) is 37.1 Å². The van der Waals surface area contributed by atoms with Crippen LogP contribution in [0.25, 0.3) is 0 Å². The van der Waals surface area contributed by atoms with E-state index in [0.29, 0.717) is 24.4 Å². The molecule has 2 aromatic heterocycles. The molecule has 3 heterocycles. The summed E-state index contributed by atoms with van der Waals surface area (Å²) < 4.78 is 0. The second-order valence-corrected chi connectivity index (χ2v) is 8.18. The Labute approximate surface area is 181 Å². The molecular weight excluding hydrogens is 390 g/mol. The first-order valence-electron chi connectivity index (χ1n) is 10.7. The number of carbonyl (C=O) groups excluding carboxylic acids is 1. The van der Waals surface area contributed by atoms with Crippen LogP contribution in [0.4, 0.5) is 11.8 Å². The van der Waals surface area contributed by atoms with Gasteiger partial charge in [-0.1, -0.05) is 24.3 Å². The number of hydrogen-bond donors (Lipinski definition) is 1. The molecule has 1 aromatic carbocycles. The number of piperazine rings is 1. The molecule has 1 aliphatic carbocycles. The van der Waals surface area contributed by atoms with Crippen LogP contribution in [0.1, 0.15) is 39.6 Å². The van der Waals surface area contributed by atoms with Gasteiger partial charge in [0.15, 0.2) is 5.78 Å². The Kier molecular flexibility index (Phi) is 5.02. The highest BCUT2D eigenvalue weighted by atomic mass is 16.3. The lowest BCUT2D eigenvalue weighted by Gasteiger charge is -2.36. The Morgan fingerprint density at radius 1 is 0.935 bits per heavy atom. The molecular formula is C24H25N5O2. The number of hydrogen-bond acceptors (Lipinski definition) is 7. The number of carbonyl (C=O) groups is 1. The van der Waals surface area contributed by atoms with Crippen molar-refractivity contribution < 1.29 is 9.90 Å². The Morgan fingerprint density at radius 3 is 2.42 bits per heavy atom. The smallest absolute Gasteiger partial charge is 0.225 e. The zero-order valence-corrected chi connectivity index (χ0v) is 17.5. The first-order chi connectivity index (χ1) is 15.1. The van der Waals surface area contributed by atoms with Crippen molar-refractivity contribution in [1.82, 2.24) is 15.0 Å². The van der Waals surface area contributed by atoms with E-state index >= 15 is 0 Å². The van der Waals surface area contributed by atoms with Gasteiger partial charge in [0.1, 0.15) is 11.6 Å². The molecule has 1 aliphatic heterocycles. The number of anilines is 2. The quantitative estimate of drug-likeness (QED) is 0.704. The molecule has 0 spiro atoms. The van der Waals surface area contributed by atoms with Gasteiger partial charge in [-0.3, -0.25) is 4.79 Å². The number of rotatable bonds is 3. The van der Waals surface area contributed by atoms with Crippen molar-refractivity contribution in [3.63, 3.8) is 0 Å². The number of ketones is 1. The fourth-order valence-electron chi connectivity index (χ4n) is 4.63. The fraction of sp³-hybridized carbons (Fsp3) is 0.333. The fourth-order valence-corrected chi connectivity index (χ4v) is 4.63. The van der Waals surface area contributed by atoms with Gasteiger partial charge >= 0.3 is 0 Å². The van der Waals surface area contributed by atoms with Crippen LogP contribution in [0.3, 0.4) is 0 Å². The molecule has 0 amide bonds. The largest absolute Gasteiger partial charge is 0.508 e. The van der Waals surface area contributed by atoms with Crippen LogP contribution in [0.2, 0.25) is 0 Å². The standard InChI is InChI=1S/C24H25N5O2/c1-16-23-19(14-17(15-21(23)31)18-6-2-3-7-20(18)30)27-24(26-16)29-12-10-28(11-13-29)22-8-4-5-9-25-22/h2-9,17,30H,10-15H2,1H3/t17-/m0/s1. The van der Waals surface area contributed by atoms with Crippen molar-refractivity contribution >= 4 is 17.5 Å². The van der Waals surface area contributed by atoms with Gasteiger partial charge < -0.3 is 14.9 Å². The van der Waals surface area contributed by atoms with Crippen molar-refractivity contribution in [3.8, 4) is 5.75 Å². The van der Waals surface area contributed by atoms with E-state index in [-0.39, 0.29) is 17.5 Å². The van der Waals surface area contributed by atoms with E-state index < -0.39 is 0 Å². The summed E-state index contributed by atoms with van der Waals surface area (Å²) >= 11 is 0. The van der Waals surface area contributed by atoms with Crippen LogP contribution in [0.5, 0.6) is 5.75 Å². The van der Waals surface area contributed by atoms with Gasteiger partial charge in [-0.2, -0.15) is 0 Å². The van der Waals surface area contributed by atoms with Crippen molar-refractivity contribution in [2.24, 2.45) is 0 Å². The third-order valence-corrected chi connectivity index (χ3v) is 6.22. The van der Waals surface area contributed by atoms with E-state index in [2.05, 4.69) is 19.8 Å². The van der Waals surface area contributed by atoms with E-state index in [9.17, 15) is 9.90 Å². The van der Waals surface area contributed by atoms with Gasteiger partial charge in [-0.25, -0.2) is 15.0 Å². The molecule has 0 saturated carbocycles. The number of Topliss-reactive ketones (excluding diaryl/α,β-unsaturated/α-hetero) is 1. The maximum atomic E-state index is 12.9. The lowest BCUT2D eigenvalue weighted by molar-refractivity contribution is 0.0961. The molecule has 31 heavy (non-hydrogen) atoms. The molecule has 3 aromatic rings. The summed E-state index contributed by atoms with van der Waals surface area (Å²) in [4.78, 5) is 31.3. The highest BCUT2D eigenvalue weighted by Gasteiger charge is 2.32. The number of aryl methyl sites for hydroxylation is 1. The monoisotopic (exact) mass is 415 g/mol. The summed E-state index contributed by atoms with van der Waals surface area (Å²) in [6.45, 7) is 5.18. The lowest BCUT2D eigenvalue weighted by Crippen LogP contribution is -2.47. The van der Waals surface area contributed by atoms with Gasteiger partial charge in [0.25, 0.3) is 0 Å². The topological polar surface area (TPSA) is 82.5 Å². The predicted octanol–water partition coefficient (Wildman–Crippen LogP) is 3.12. The van der Waals surface area contributed by atoms with Crippen molar-refractivity contribution in [3.05, 3.63) is 71.2 Å². The molecule has 1 atom stereocenters. The summed E-state index contributed by atoms with van der Waals surface area (Å²) in [5.41, 5.74) is 3.00. The Balaban J connectivity index is 1.38. The van der Waals surface area contributed by atoms with Crippen LogP contribution < -0.4 is 9.80 Å². The highest BCUT2D eigenvalue weighted by Crippen LogP contribution is 2.37. The molecule has 2 aliphatic rings. The van der Waals surface area contributed by atoms with Crippen molar-refractivity contribution in [2.45, 2.75) is 25.7 Å². The van der Waals surface area contributed by atoms with E-state index in [1.54, 1.807) is 12.1 Å². The van der Waals surface area contributed by atoms with Crippen LogP contribution >= 0.6 is 0 Å². The lowest BCUT2D eigenvalue weighted by atomic mass is 9.81. The number of pyridine rings is 1. The second-order valence-electron chi connectivity index (χ2n) is 8.18. The molecule has 7 heteroatoms. The maximum Gasteiger partial charge on any atom is 0.225 e. The number of nitrogens with zero attached hydrogens (tertiary/aromatic N) is 5. The summed E-state index contributed by atoms with van der Waals surface area (Å²) in [6.07, 6.45) is 2.81. The molecule has 7 nitrogen and oxygen atoms in total. The molecule has 5 rings (SSSR count). The number of benzene rings is 1. The summed E-state index contributed by atoms with van der Waals surface area (Å²) in [6, 6.07) is 13.2. The summed E-state index contributed by atoms with van der Waals surface area (Å²) in [5, 5.41) is 10.3.